The number of ether oxygens (including phenoxy) is 1. The average molecular weight is 283 g/mol. The zero-order valence-corrected chi connectivity index (χ0v) is 12.3. The van der Waals surface area contributed by atoms with Gasteiger partial charge in [0.1, 0.15) is 0 Å². The molecule has 0 aromatic carbocycles. The van der Waals surface area contributed by atoms with E-state index in [1.165, 1.54) is 0 Å². The van der Waals surface area contributed by atoms with E-state index in [1.54, 1.807) is 0 Å². The van der Waals surface area contributed by atoms with E-state index >= 15 is 0 Å². The zero-order valence-electron chi connectivity index (χ0n) is 12.3. The predicted molar refractivity (Wildman–Crippen MR) is 74.7 cm³/mol. The minimum Gasteiger partial charge on any atom is -0.372 e. The normalized spacial score (nSPS) is 29.9. The molecular weight excluding hydrogens is 258 g/mol. The molecule has 2 aliphatic rings. The molecule has 2 aliphatic heterocycles. The van der Waals surface area contributed by atoms with Crippen molar-refractivity contribution in [2.24, 2.45) is 17.4 Å². The Balaban J connectivity index is 1.83. The van der Waals surface area contributed by atoms with Gasteiger partial charge >= 0.3 is 0 Å². The fourth-order valence-corrected chi connectivity index (χ4v) is 3.26. The van der Waals surface area contributed by atoms with Gasteiger partial charge in [-0.15, -0.1) is 0 Å². The first-order valence-electron chi connectivity index (χ1n) is 7.29. The highest BCUT2D eigenvalue weighted by Gasteiger charge is 2.43. The van der Waals surface area contributed by atoms with Crippen molar-refractivity contribution in [1.82, 2.24) is 4.90 Å². The molecule has 0 aliphatic carbocycles. The van der Waals surface area contributed by atoms with E-state index in [1.807, 2.05) is 4.90 Å². The molecule has 2 heterocycles. The van der Waals surface area contributed by atoms with E-state index < -0.39 is 11.9 Å². The van der Waals surface area contributed by atoms with Gasteiger partial charge < -0.3 is 21.1 Å². The number of piperidine rings is 1. The van der Waals surface area contributed by atoms with Crippen LogP contribution in [0.4, 0.5) is 0 Å². The molecule has 2 saturated heterocycles. The number of carbonyl (C=O) groups excluding carboxylic acids is 2. The summed E-state index contributed by atoms with van der Waals surface area (Å²) in [7, 11) is 0. The molecule has 4 N–H and O–H groups in total. The molecule has 0 bridgehead atoms. The van der Waals surface area contributed by atoms with Crippen molar-refractivity contribution in [3.05, 3.63) is 0 Å². The second-order valence-corrected chi connectivity index (χ2v) is 6.56. The van der Waals surface area contributed by atoms with E-state index in [2.05, 4.69) is 13.8 Å². The Kier molecular flexibility index (Phi) is 4.34. The summed E-state index contributed by atoms with van der Waals surface area (Å²) in [6.45, 7) is 5.67. The van der Waals surface area contributed by atoms with Crippen LogP contribution < -0.4 is 11.5 Å². The van der Waals surface area contributed by atoms with E-state index in [0.717, 1.165) is 25.9 Å². The number of primary amides is 1. The van der Waals surface area contributed by atoms with Gasteiger partial charge in [-0.1, -0.05) is 0 Å². The van der Waals surface area contributed by atoms with Crippen LogP contribution >= 0.6 is 0 Å². The minimum atomic E-state index is -0.731. The van der Waals surface area contributed by atoms with Crippen molar-refractivity contribution in [3.8, 4) is 0 Å². The first kappa shape index (κ1) is 15.3. The predicted octanol–water partition coefficient (Wildman–Crippen LogP) is -0.00480. The highest BCUT2D eigenvalue weighted by atomic mass is 16.5. The lowest BCUT2D eigenvalue weighted by Crippen LogP contribution is -2.45. The summed E-state index contributed by atoms with van der Waals surface area (Å²) in [6.07, 6.45) is 2.76. The van der Waals surface area contributed by atoms with Gasteiger partial charge in [0.25, 0.3) is 0 Å². The lowest BCUT2D eigenvalue weighted by Gasteiger charge is -2.34. The van der Waals surface area contributed by atoms with Crippen molar-refractivity contribution in [2.45, 2.75) is 57.3 Å². The molecule has 2 amide bonds. The first-order valence-corrected chi connectivity index (χ1v) is 7.29. The summed E-state index contributed by atoms with van der Waals surface area (Å²) in [5.74, 6) is -0.0696. The summed E-state index contributed by atoms with van der Waals surface area (Å²) in [5.41, 5.74) is 10.6. The average Bonchev–Trinajstić information content (AvgIpc) is 2.67. The third-order valence-electron chi connectivity index (χ3n) is 4.28. The topological polar surface area (TPSA) is 98.6 Å². The molecule has 0 radical (unpaired) electrons. The van der Waals surface area contributed by atoms with Crippen molar-refractivity contribution >= 4 is 11.8 Å². The molecule has 3 atom stereocenters. The Morgan fingerprint density at radius 1 is 1.45 bits per heavy atom. The van der Waals surface area contributed by atoms with Crippen LogP contribution in [0, 0.1) is 5.92 Å². The van der Waals surface area contributed by atoms with Gasteiger partial charge in [-0.25, -0.2) is 0 Å². The molecule has 114 valence electrons. The molecule has 2 rings (SSSR count). The van der Waals surface area contributed by atoms with Crippen LogP contribution in [0.1, 0.15) is 39.5 Å². The number of hydrogen-bond donors (Lipinski definition) is 2. The molecule has 0 unspecified atom stereocenters. The van der Waals surface area contributed by atoms with E-state index in [4.69, 9.17) is 16.2 Å². The second kappa shape index (κ2) is 5.69. The van der Waals surface area contributed by atoms with Crippen LogP contribution in [0.3, 0.4) is 0 Å². The summed E-state index contributed by atoms with van der Waals surface area (Å²) >= 11 is 0. The van der Waals surface area contributed by atoms with Crippen molar-refractivity contribution in [1.29, 1.82) is 0 Å². The standard InChI is InChI=1S/C14H25N3O3/c1-14(2)7-9-8-17(6-5-11(9)20-14)12(18)4-3-10(15)13(16)19/h9-11H,3-8,15H2,1-2H3,(H2,16,19)/t9-,10+,11+/m1/s1. The Hall–Kier alpha value is -1.14. The van der Waals surface area contributed by atoms with Crippen LogP contribution in [-0.4, -0.2) is 47.6 Å². The molecule has 6 heteroatoms. The van der Waals surface area contributed by atoms with Crippen molar-refractivity contribution < 1.29 is 14.3 Å². The lowest BCUT2D eigenvalue weighted by molar-refractivity contribution is -0.135. The molecule has 0 aromatic rings. The second-order valence-electron chi connectivity index (χ2n) is 6.56. The zero-order chi connectivity index (χ0) is 14.9. The number of hydrogen-bond acceptors (Lipinski definition) is 4. The Morgan fingerprint density at radius 2 is 2.15 bits per heavy atom. The van der Waals surface area contributed by atoms with Crippen LogP contribution in [0.5, 0.6) is 0 Å². The number of carbonyl (C=O) groups is 2. The monoisotopic (exact) mass is 283 g/mol. The van der Waals surface area contributed by atoms with E-state index in [9.17, 15) is 9.59 Å². The number of amides is 2. The first-order chi connectivity index (χ1) is 9.28. The highest BCUT2D eigenvalue weighted by Crippen LogP contribution is 2.38. The molecular formula is C14H25N3O3. The van der Waals surface area contributed by atoms with Gasteiger partial charge in [-0.2, -0.15) is 0 Å². The molecule has 0 spiro atoms. The van der Waals surface area contributed by atoms with E-state index in [0.29, 0.717) is 12.3 Å². The van der Waals surface area contributed by atoms with Crippen LogP contribution in [0.2, 0.25) is 0 Å². The SMILES string of the molecule is CC1(C)C[C@@H]2CN(C(=O)CC[C@H](N)C(N)=O)CC[C@@H]2O1. The maximum Gasteiger partial charge on any atom is 0.234 e. The minimum absolute atomic E-state index is 0.0601. The number of likely N-dealkylation sites (tertiary alicyclic amines) is 1. The van der Waals surface area contributed by atoms with Crippen LogP contribution in [-0.2, 0) is 14.3 Å². The fraction of sp³-hybridized carbons (Fsp3) is 0.857. The Bertz CT molecular complexity index is 397. The maximum absolute atomic E-state index is 12.2. The molecule has 6 nitrogen and oxygen atoms in total. The number of rotatable bonds is 4. The smallest absolute Gasteiger partial charge is 0.234 e. The van der Waals surface area contributed by atoms with Crippen LogP contribution in [0.15, 0.2) is 0 Å². The Morgan fingerprint density at radius 3 is 2.80 bits per heavy atom. The third kappa shape index (κ3) is 3.49. The molecule has 20 heavy (non-hydrogen) atoms. The summed E-state index contributed by atoms with van der Waals surface area (Å²) < 4.78 is 5.99. The lowest BCUT2D eigenvalue weighted by atomic mass is 9.89. The van der Waals surface area contributed by atoms with Crippen molar-refractivity contribution in [3.63, 3.8) is 0 Å². The number of nitrogens with two attached hydrogens (primary N) is 2. The van der Waals surface area contributed by atoms with Gasteiger partial charge in [-0.3, -0.25) is 9.59 Å². The van der Waals surface area contributed by atoms with Gasteiger partial charge in [0.05, 0.1) is 17.7 Å². The third-order valence-corrected chi connectivity index (χ3v) is 4.28. The highest BCUT2D eigenvalue weighted by molar-refractivity contribution is 5.81. The quantitative estimate of drug-likeness (QED) is 0.758. The van der Waals surface area contributed by atoms with Crippen LogP contribution in [0.25, 0.3) is 0 Å². The maximum atomic E-state index is 12.2. The molecule has 0 saturated carbocycles. The number of nitrogens with zero attached hydrogens (tertiary/aromatic N) is 1. The Labute approximate surface area is 119 Å². The van der Waals surface area contributed by atoms with Gasteiger partial charge in [0.15, 0.2) is 0 Å². The van der Waals surface area contributed by atoms with Crippen molar-refractivity contribution in [2.75, 3.05) is 13.1 Å². The summed E-state index contributed by atoms with van der Waals surface area (Å²) in [4.78, 5) is 24.9. The molecule has 0 aromatic heterocycles. The molecule has 2 fully saturated rings. The fourth-order valence-electron chi connectivity index (χ4n) is 3.26. The largest absolute Gasteiger partial charge is 0.372 e. The number of fused-ring (bicyclic) bond motifs is 1. The summed E-state index contributed by atoms with van der Waals surface area (Å²) in [6, 6.07) is -0.731. The van der Waals surface area contributed by atoms with Gasteiger partial charge in [0, 0.05) is 25.4 Å². The summed E-state index contributed by atoms with van der Waals surface area (Å²) in [5, 5.41) is 0. The van der Waals surface area contributed by atoms with E-state index in [-0.39, 0.29) is 24.0 Å². The van der Waals surface area contributed by atoms with Gasteiger partial charge in [0.2, 0.25) is 11.8 Å². The van der Waals surface area contributed by atoms with Gasteiger partial charge in [-0.05, 0) is 33.1 Å².